The molecule has 0 aliphatic carbocycles. The van der Waals surface area contributed by atoms with E-state index < -0.39 is 0 Å². The summed E-state index contributed by atoms with van der Waals surface area (Å²) in [5.41, 5.74) is 0. The number of amides is 1. The van der Waals surface area contributed by atoms with Crippen molar-refractivity contribution in [2.75, 3.05) is 33.4 Å². The average Bonchev–Trinajstić information content (AvgIpc) is 2.83. The van der Waals surface area contributed by atoms with Crippen molar-refractivity contribution in [3.05, 3.63) is 24.2 Å². The highest BCUT2D eigenvalue weighted by Crippen LogP contribution is 2.12. The summed E-state index contributed by atoms with van der Waals surface area (Å²) in [5, 5.41) is 3.06. The van der Waals surface area contributed by atoms with Crippen molar-refractivity contribution in [3.8, 4) is 0 Å². The summed E-state index contributed by atoms with van der Waals surface area (Å²) in [7, 11) is 1.87. The van der Waals surface area contributed by atoms with E-state index in [0.717, 1.165) is 6.54 Å². The van der Waals surface area contributed by atoms with E-state index in [1.807, 2.05) is 7.05 Å². The van der Waals surface area contributed by atoms with Gasteiger partial charge >= 0.3 is 0 Å². The van der Waals surface area contributed by atoms with Crippen molar-refractivity contribution in [1.82, 2.24) is 10.2 Å². The number of likely N-dealkylation sites (N-methyl/N-ethyl adjacent to an activating group) is 1. The third-order valence-corrected chi connectivity index (χ3v) is 2.66. The summed E-state index contributed by atoms with van der Waals surface area (Å²) in [6, 6.07) is 3.49. The van der Waals surface area contributed by atoms with Gasteiger partial charge in [-0.15, -0.1) is 0 Å². The van der Waals surface area contributed by atoms with Crippen LogP contribution in [-0.4, -0.2) is 50.2 Å². The van der Waals surface area contributed by atoms with Gasteiger partial charge in [0.05, 0.1) is 25.5 Å². The summed E-state index contributed by atoms with van der Waals surface area (Å²) in [5.74, 6) is 0.330. The first-order chi connectivity index (χ1) is 7.83. The molecule has 5 nitrogen and oxygen atoms in total. The lowest BCUT2D eigenvalue weighted by Gasteiger charge is -2.34. The van der Waals surface area contributed by atoms with E-state index in [4.69, 9.17) is 9.15 Å². The number of hydrogen-bond donors (Lipinski definition) is 1. The Balaban J connectivity index is 2.08. The molecule has 1 aromatic rings. The minimum absolute atomic E-state index is 0.0615. The van der Waals surface area contributed by atoms with Crippen molar-refractivity contribution in [1.29, 1.82) is 0 Å². The first-order valence-corrected chi connectivity index (χ1v) is 5.39. The first-order valence-electron chi connectivity index (χ1n) is 5.39. The molecule has 88 valence electrons. The second-order valence-electron chi connectivity index (χ2n) is 3.76. The molecule has 16 heavy (non-hydrogen) atoms. The maximum atomic E-state index is 12.1. The van der Waals surface area contributed by atoms with Crippen LogP contribution in [0, 0.1) is 0 Å². The van der Waals surface area contributed by atoms with Crippen LogP contribution >= 0.6 is 0 Å². The minimum atomic E-state index is -0.0615. The molecule has 0 bridgehead atoms. The van der Waals surface area contributed by atoms with Crippen LogP contribution in [0.25, 0.3) is 0 Å². The van der Waals surface area contributed by atoms with Gasteiger partial charge in [0, 0.05) is 13.1 Å². The normalized spacial score (nSPS) is 21.1. The highest BCUT2D eigenvalue weighted by atomic mass is 16.5. The standard InChI is InChI=1S/C11H16N2O3/c1-12-7-9-8-15-6-4-13(9)11(14)10-3-2-5-16-10/h2-3,5,9,12H,4,6-8H2,1H3. The van der Waals surface area contributed by atoms with E-state index in [9.17, 15) is 4.79 Å². The molecule has 1 aromatic heterocycles. The zero-order valence-corrected chi connectivity index (χ0v) is 9.31. The molecule has 1 aliphatic rings. The fourth-order valence-electron chi connectivity index (χ4n) is 1.87. The van der Waals surface area contributed by atoms with Crippen LogP contribution in [0.2, 0.25) is 0 Å². The smallest absolute Gasteiger partial charge is 0.289 e. The van der Waals surface area contributed by atoms with Crippen LogP contribution in [-0.2, 0) is 4.74 Å². The molecule has 5 heteroatoms. The molecule has 0 saturated carbocycles. The Morgan fingerprint density at radius 1 is 1.69 bits per heavy atom. The van der Waals surface area contributed by atoms with E-state index in [1.54, 1.807) is 17.0 Å². The molecule has 1 unspecified atom stereocenters. The lowest BCUT2D eigenvalue weighted by molar-refractivity contribution is -0.00253. The second-order valence-corrected chi connectivity index (χ2v) is 3.76. The third kappa shape index (κ3) is 2.25. The van der Waals surface area contributed by atoms with Crippen molar-refractivity contribution in [3.63, 3.8) is 0 Å². The molecule has 0 radical (unpaired) electrons. The third-order valence-electron chi connectivity index (χ3n) is 2.66. The zero-order valence-electron chi connectivity index (χ0n) is 9.31. The zero-order chi connectivity index (χ0) is 11.4. The Morgan fingerprint density at radius 2 is 2.56 bits per heavy atom. The number of hydrogen-bond acceptors (Lipinski definition) is 4. The van der Waals surface area contributed by atoms with Gasteiger partial charge in [-0.1, -0.05) is 0 Å². The number of ether oxygens (including phenoxy) is 1. The molecule has 1 N–H and O–H groups in total. The van der Waals surface area contributed by atoms with Crippen LogP contribution in [0.3, 0.4) is 0 Å². The van der Waals surface area contributed by atoms with Gasteiger partial charge in [0.1, 0.15) is 0 Å². The Labute approximate surface area is 94.4 Å². The van der Waals surface area contributed by atoms with Gasteiger partial charge in [-0.05, 0) is 19.2 Å². The maximum Gasteiger partial charge on any atom is 0.289 e. The van der Waals surface area contributed by atoms with Crippen LogP contribution in [0.15, 0.2) is 22.8 Å². The van der Waals surface area contributed by atoms with Gasteiger partial charge in [-0.2, -0.15) is 0 Å². The molecule has 1 amide bonds. The quantitative estimate of drug-likeness (QED) is 0.804. The van der Waals surface area contributed by atoms with Crippen LogP contribution < -0.4 is 5.32 Å². The van der Waals surface area contributed by atoms with E-state index in [0.29, 0.717) is 25.5 Å². The van der Waals surface area contributed by atoms with Gasteiger partial charge in [0.15, 0.2) is 5.76 Å². The van der Waals surface area contributed by atoms with Gasteiger partial charge in [-0.25, -0.2) is 0 Å². The fraction of sp³-hybridized carbons (Fsp3) is 0.545. The number of nitrogens with zero attached hydrogens (tertiary/aromatic N) is 1. The van der Waals surface area contributed by atoms with Crippen LogP contribution in [0.5, 0.6) is 0 Å². The molecule has 2 rings (SSSR count). The average molecular weight is 224 g/mol. The summed E-state index contributed by atoms with van der Waals surface area (Å²) in [6.07, 6.45) is 1.51. The Bertz CT molecular complexity index is 335. The minimum Gasteiger partial charge on any atom is -0.459 e. The van der Waals surface area contributed by atoms with Crippen molar-refractivity contribution < 1.29 is 13.9 Å². The number of furan rings is 1. The van der Waals surface area contributed by atoms with Crippen molar-refractivity contribution >= 4 is 5.91 Å². The number of carbonyl (C=O) groups is 1. The summed E-state index contributed by atoms with van der Waals surface area (Å²) >= 11 is 0. The van der Waals surface area contributed by atoms with Gasteiger partial charge in [0.2, 0.25) is 0 Å². The number of nitrogens with one attached hydrogen (secondary N) is 1. The number of rotatable bonds is 3. The van der Waals surface area contributed by atoms with E-state index in [1.165, 1.54) is 6.26 Å². The van der Waals surface area contributed by atoms with Gasteiger partial charge in [-0.3, -0.25) is 4.79 Å². The Morgan fingerprint density at radius 3 is 3.25 bits per heavy atom. The lowest BCUT2D eigenvalue weighted by Crippen LogP contribution is -2.52. The highest BCUT2D eigenvalue weighted by Gasteiger charge is 2.28. The Hall–Kier alpha value is -1.33. The predicted octanol–water partition coefficient (Wildman–Crippen LogP) is 0.340. The number of carbonyl (C=O) groups excluding carboxylic acids is 1. The van der Waals surface area contributed by atoms with Gasteiger partial charge in [0.25, 0.3) is 5.91 Å². The molecular formula is C11H16N2O3. The molecule has 1 aliphatic heterocycles. The first kappa shape index (κ1) is 11.2. The van der Waals surface area contributed by atoms with Crippen molar-refractivity contribution in [2.24, 2.45) is 0 Å². The largest absolute Gasteiger partial charge is 0.459 e. The highest BCUT2D eigenvalue weighted by molar-refractivity contribution is 5.91. The van der Waals surface area contributed by atoms with Gasteiger partial charge < -0.3 is 19.4 Å². The van der Waals surface area contributed by atoms with Crippen LogP contribution in [0.4, 0.5) is 0 Å². The molecule has 0 spiro atoms. The summed E-state index contributed by atoms with van der Waals surface area (Å²) in [4.78, 5) is 13.9. The molecule has 1 saturated heterocycles. The topological polar surface area (TPSA) is 54.7 Å². The van der Waals surface area contributed by atoms with E-state index in [2.05, 4.69) is 5.32 Å². The second kappa shape index (κ2) is 5.14. The monoisotopic (exact) mass is 224 g/mol. The molecule has 1 atom stereocenters. The summed E-state index contributed by atoms with van der Waals surface area (Å²) < 4.78 is 10.5. The maximum absolute atomic E-state index is 12.1. The summed E-state index contributed by atoms with van der Waals surface area (Å²) in [6.45, 7) is 2.51. The van der Waals surface area contributed by atoms with Crippen LogP contribution in [0.1, 0.15) is 10.6 Å². The molecule has 2 heterocycles. The molecule has 0 aromatic carbocycles. The van der Waals surface area contributed by atoms with E-state index >= 15 is 0 Å². The fourth-order valence-corrected chi connectivity index (χ4v) is 1.87. The Kier molecular flexibility index (Phi) is 3.58. The molecular weight excluding hydrogens is 208 g/mol. The lowest BCUT2D eigenvalue weighted by atomic mass is 10.2. The predicted molar refractivity (Wildman–Crippen MR) is 58.3 cm³/mol. The van der Waals surface area contributed by atoms with E-state index in [-0.39, 0.29) is 11.9 Å². The number of morpholine rings is 1. The molecule has 1 fully saturated rings. The van der Waals surface area contributed by atoms with Crippen molar-refractivity contribution in [2.45, 2.75) is 6.04 Å². The SMILES string of the molecule is CNCC1COCCN1C(=O)c1ccco1.